The standard InChI is InChI=1S/C11H13NO2/c1-6-10(7(2)13)4-9(12)5-11(6)8(3)14/h4-5H,12H2,1-3H3. The van der Waals surface area contributed by atoms with Gasteiger partial charge < -0.3 is 5.73 Å². The molecule has 74 valence electrons. The van der Waals surface area contributed by atoms with Gasteiger partial charge in [0.2, 0.25) is 0 Å². The third-order valence-electron chi connectivity index (χ3n) is 2.19. The van der Waals surface area contributed by atoms with Crippen molar-refractivity contribution in [2.45, 2.75) is 20.8 Å². The van der Waals surface area contributed by atoms with Gasteiger partial charge in [0.25, 0.3) is 0 Å². The van der Waals surface area contributed by atoms with E-state index in [9.17, 15) is 9.59 Å². The Balaban J connectivity index is 3.47. The Kier molecular flexibility index (Phi) is 2.70. The van der Waals surface area contributed by atoms with Crippen molar-refractivity contribution in [2.24, 2.45) is 0 Å². The summed E-state index contributed by atoms with van der Waals surface area (Å²) in [6.07, 6.45) is 0. The normalized spacial score (nSPS) is 9.93. The predicted octanol–water partition coefficient (Wildman–Crippen LogP) is 1.98. The van der Waals surface area contributed by atoms with E-state index in [1.807, 2.05) is 0 Å². The third-order valence-corrected chi connectivity index (χ3v) is 2.19. The van der Waals surface area contributed by atoms with Gasteiger partial charge in [0.05, 0.1) is 0 Å². The minimum atomic E-state index is -0.0719. The monoisotopic (exact) mass is 191 g/mol. The summed E-state index contributed by atoms with van der Waals surface area (Å²) < 4.78 is 0. The summed E-state index contributed by atoms with van der Waals surface area (Å²) in [5.74, 6) is -0.144. The van der Waals surface area contributed by atoms with Crippen LogP contribution in [0.2, 0.25) is 0 Å². The maximum Gasteiger partial charge on any atom is 0.160 e. The molecule has 0 saturated carbocycles. The van der Waals surface area contributed by atoms with Crippen LogP contribution in [0.25, 0.3) is 0 Å². The van der Waals surface area contributed by atoms with Gasteiger partial charge in [-0.15, -0.1) is 0 Å². The van der Waals surface area contributed by atoms with Crippen molar-refractivity contribution < 1.29 is 9.59 Å². The summed E-state index contributed by atoms with van der Waals surface area (Å²) in [6, 6.07) is 3.20. The largest absolute Gasteiger partial charge is 0.399 e. The first-order chi connectivity index (χ1) is 6.43. The molecule has 2 N–H and O–H groups in total. The number of nitrogens with two attached hydrogens (primary N) is 1. The number of anilines is 1. The van der Waals surface area contributed by atoms with Crippen molar-refractivity contribution in [1.29, 1.82) is 0 Å². The lowest BCUT2D eigenvalue weighted by molar-refractivity contribution is 0.101. The molecule has 0 spiro atoms. The van der Waals surface area contributed by atoms with Gasteiger partial charge in [0.15, 0.2) is 11.6 Å². The van der Waals surface area contributed by atoms with Gasteiger partial charge in [-0.2, -0.15) is 0 Å². The minimum Gasteiger partial charge on any atom is -0.399 e. The molecule has 0 saturated heterocycles. The summed E-state index contributed by atoms with van der Waals surface area (Å²) >= 11 is 0. The van der Waals surface area contributed by atoms with Gasteiger partial charge in [0, 0.05) is 16.8 Å². The molecule has 0 fully saturated rings. The Labute approximate surface area is 82.9 Å². The third kappa shape index (κ3) is 1.82. The number of benzene rings is 1. The van der Waals surface area contributed by atoms with Crippen molar-refractivity contribution in [3.8, 4) is 0 Å². The summed E-state index contributed by atoms with van der Waals surface area (Å²) in [7, 11) is 0. The molecule has 0 aliphatic carbocycles. The van der Waals surface area contributed by atoms with E-state index in [1.54, 1.807) is 19.1 Å². The number of Topliss-reactive ketones (excluding diaryl/α,β-unsaturated/α-hetero) is 2. The van der Waals surface area contributed by atoms with Crippen LogP contribution in [0.5, 0.6) is 0 Å². The molecule has 0 unspecified atom stereocenters. The summed E-state index contributed by atoms with van der Waals surface area (Å²) in [5, 5.41) is 0. The molecule has 0 bridgehead atoms. The lowest BCUT2D eigenvalue weighted by Crippen LogP contribution is -2.05. The maximum atomic E-state index is 11.2. The van der Waals surface area contributed by atoms with Gasteiger partial charge in [-0.05, 0) is 38.5 Å². The quantitative estimate of drug-likeness (QED) is 0.574. The van der Waals surface area contributed by atoms with Crippen LogP contribution in [0, 0.1) is 6.92 Å². The Bertz CT molecular complexity index is 373. The summed E-state index contributed by atoms with van der Waals surface area (Å²) in [5.41, 5.74) is 7.80. The molecular formula is C11H13NO2. The van der Waals surface area contributed by atoms with Crippen LogP contribution in [0.1, 0.15) is 40.1 Å². The van der Waals surface area contributed by atoms with Crippen LogP contribution in [-0.2, 0) is 0 Å². The van der Waals surface area contributed by atoms with Crippen molar-refractivity contribution in [3.05, 3.63) is 28.8 Å². The smallest absolute Gasteiger partial charge is 0.160 e. The van der Waals surface area contributed by atoms with Gasteiger partial charge in [-0.25, -0.2) is 0 Å². The second-order valence-corrected chi connectivity index (χ2v) is 3.35. The molecule has 0 amide bonds. The van der Waals surface area contributed by atoms with Gasteiger partial charge in [-0.1, -0.05) is 0 Å². The molecular weight excluding hydrogens is 178 g/mol. The van der Waals surface area contributed by atoms with Crippen LogP contribution >= 0.6 is 0 Å². The predicted molar refractivity (Wildman–Crippen MR) is 55.6 cm³/mol. The van der Waals surface area contributed by atoms with E-state index in [0.717, 1.165) is 0 Å². The van der Waals surface area contributed by atoms with E-state index in [2.05, 4.69) is 0 Å². The Hall–Kier alpha value is -1.64. The lowest BCUT2D eigenvalue weighted by Gasteiger charge is -2.08. The second kappa shape index (κ2) is 3.62. The van der Waals surface area contributed by atoms with E-state index in [1.165, 1.54) is 13.8 Å². The van der Waals surface area contributed by atoms with Gasteiger partial charge in [-0.3, -0.25) is 9.59 Å². The average Bonchev–Trinajstić information content (AvgIpc) is 2.07. The van der Waals surface area contributed by atoms with Gasteiger partial charge >= 0.3 is 0 Å². The first kappa shape index (κ1) is 10.4. The number of hydrogen-bond acceptors (Lipinski definition) is 3. The van der Waals surface area contributed by atoms with Crippen molar-refractivity contribution >= 4 is 17.3 Å². The molecule has 0 aromatic heterocycles. The minimum absolute atomic E-state index is 0.0719. The first-order valence-electron chi connectivity index (χ1n) is 4.35. The van der Waals surface area contributed by atoms with Crippen LogP contribution in [0.3, 0.4) is 0 Å². The zero-order chi connectivity index (χ0) is 10.9. The fourth-order valence-electron chi connectivity index (χ4n) is 1.47. The highest BCUT2D eigenvalue weighted by Crippen LogP contribution is 2.19. The van der Waals surface area contributed by atoms with Crippen LogP contribution in [-0.4, -0.2) is 11.6 Å². The number of rotatable bonds is 2. The van der Waals surface area contributed by atoms with Crippen molar-refractivity contribution in [2.75, 3.05) is 5.73 Å². The SMILES string of the molecule is CC(=O)c1cc(N)cc(C(C)=O)c1C. The number of carbonyl (C=O) groups excluding carboxylic acids is 2. The maximum absolute atomic E-state index is 11.2. The molecule has 14 heavy (non-hydrogen) atoms. The zero-order valence-corrected chi connectivity index (χ0v) is 8.55. The van der Waals surface area contributed by atoms with E-state index in [0.29, 0.717) is 22.4 Å². The van der Waals surface area contributed by atoms with E-state index < -0.39 is 0 Å². The fraction of sp³-hybridized carbons (Fsp3) is 0.273. The molecule has 0 atom stereocenters. The van der Waals surface area contributed by atoms with E-state index in [-0.39, 0.29) is 11.6 Å². The van der Waals surface area contributed by atoms with Crippen LogP contribution in [0.4, 0.5) is 5.69 Å². The number of ketones is 2. The molecule has 1 aromatic carbocycles. The van der Waals surface area contributed by atoms with E-state index in [4.69, 9.17) is 5.73 Å². The molecule has 0 aliphatic heterocycles. The summed E-state index contributed by atoms with van der Waals surface area (Å²) in [4.78, 5) is 22.5. The van der Waals surface area contributed by atoms with Crippen LogP contribution < -0.4 is 5.73 Å². The molecule has 1 aromatic rings. The highest BCUT2D eigenvalue weighted by Gasteiger charge is 2.12. The van der Waals surface area contributed by atoms with Crippen molar-refractivity contribution in [3.63, 3.8) is 0 Å². The molecule has 1 rings (SSSR count). The number of hydrogen-bond donors (Lipinski definition) is 1. The van der Waals surface area contributed by atoms with Crippen LogP contribution in [0.15, 0.2) is 12.1 Å². The lowest BCUT2D eigenvalue weighted by atomic mass is 9.97. The highest BCUT2D eigenvalue weighted by molar-refractivity contribution is 6.03. The Morgan fingerprint density at radius 1 is 1.07 bits per heavy atom. The first-order valence-corrected chi connectivity index (χ1v) is 4.35. The highest BCUT2D eigenvalue weighted by atomic mass is 16.1. The molecule has 0 aliphatic rings. The topological polar surface area (TPSA) is 60.2 Å². The molecule has 3 heteroatoms. The summed E-state index contributed by atoms with van der Waals surface area (Å²) in [6.45, 7) is 4.68. The number of carbonyl (C=O) groups is 2. The Morgan fingerprint density at radius 2 is 1.43 bits per heavy atom. The van der Waals surface area contributed by atoms with E-state index >= 15 is 0 Å². The fourth-order valence-corrected chi connectivity index (χ4v) is 1.47. The Morgan fingerprint density at radius 3 is 1.71 bits per heavy atom. The van der Waals surface area contributed by atoms with Crippen molar-refractivity contribution in [1.82, 2.24) is 0 Å². The average molecular weight is 191 g/mol. The molecule has 0 heterocycles. The van der Waals surface area contributed by atoms with Gasteiger partial charge in [0.1, 0.15) is 0 Å². The second-order valence-electron chi connectivity index (χ2n) is 3.35. The molecule has 3 nitrogen and oxygen atoms in total. The molecule has 0 radical (unpaired) electrons. The number of nitrogen functional groups attached to an aromatic ring is 1. The zero-order valence-electron chi connectivity index (χ0n) is 8.55.